The fraction of sp³-hybridized carbons (Fsp3) is 0.375. The first kappa shape index (κ1) is 16.0. The van der Waals surface area contributed by atoms with Crippen molar-refractivity contribution in [3.05, 3.63) is 42.0 Å². The number of hydrogen-bond acceptors (Lipinski definition) is 5. The van der Waals surface area contributed by atoms with Gasteiger partial charge in [-0.2, -0.15) is 5.10 Å². The summed E-state index contributed by atoms with van der Waals surface area (Å²) in [4.78, 5) is 29.8. The summed E-state index contributed by atoms with van der Waals surface area (Å²) in [6, 6.07) is 5.36. The first-order chi connectivity index (χ1) is 11.6. The third-order valence-electron chi connectivity index (χ3n) is 3.86. The van der Waals surface area contributed by atoms with Crippen molar-refractivity contribution in [1.29, 1.82) is 0 Å². The van der Waals surface area contributed by atoms with E-state index in [2.05, 4.69) is 20.7 Å². The number of hydrogen-bond donors (Lipinski definition) is 2. The second-order valence-electron chi connectivity index (χ2n) is 5.64. The van der Waals surface area contributed by atoms with Crippen LogP contribution >= 0.6 is 0 Å². The Bertz CT molecular complexity index is 727. The maximum atomic E-state index is 12.1. The second kappa shape index (κ2) is 7.12. The predicted octanol–water partition coefficient (Wildman–Crippen LogP) is 0.596. The Morgan fingerprint density at radius 1 is 1.33 bits per heavy atom. The Labute approximate surface area is 139 Å². The third-order valence-corrected chi connectivity index (χ3v) is 3.86. The molecule has 126 valence electrons. The minimum absolute atomic E-state index is 0.103. The zero-order valence-electron chi connectivity index (χ0n) is 13.5. The van der Waals surface area contributed by atoms with Crippen LogP contribution in [0.4, 0.5) is 5.69 Å². The molecule has 8 heteroatoms. The number of nitrogens with one attached hydrogen (secondary N) is 2. The first-order valence-corrected chi connectivity index (χ1v) is 7.90. The minimum Gasteiger partial charge on any atom is -0.384 e. The molecular formula is C16H20N6O2. The minimum atomic E-state index is -0.256. The van der Waals surface area contributed by atoms with Gasteiger partial charge in [0, 0.05) is 45.1 Å². The molecule has 0 unspecified atom stereocenters. The summed E-state index contributed by atoms with van der Waals surface area (Å²) in [5.74, 6) is -0.359. The summed E-state index contributed by atoms with van der Waals surface area (Å²) in [7, 11) is 1.74. The number of aromatic nitrogens is 3. The van der Waals surface area contributed by atoms with Gasteiger partial charge < -0.3 is 15.5 Å². The molecule has 1 aliphatic rings. The van der Waals surface area contributed by atoms with Gasteiger partial charge in [-0.25, -0.2) is 0 Å². The summed E-state index contributed by atoms with van der Waals surface area (Å²) in [5.41, 5.74) is 1.70. The van der Waals surface area contributed by atoms with Crippen LogP contribution < -0.4 is 10.6 Å². The van der Waals surface area contributed by atoms with Gasteiger partial charge in [0.1, 0.15) is 5.69 Å². The molecule has 1 aliphatic heterocycles. The van der Waals surface area contributed by atoms with Crippen molar-refractivity contribution in [3.8, 4) is 0 Å². The summed E-state index contributed by atoms with van der Waals surface area (Å²) in [6.45, 7) is 2.48. The van der Waals surface area contributed by atoms with E-state index in [9.17, 15) is 9.59 Å². The molecule has 0 atom stereocenters. The summed E-state index contributed by atoms with van der Waals surface area (Å²) in [5, 5.41) is 10.3. The largest absolute Gasteiger partial charge is 0.384 e. The van der Waals surface area contributed by atoms with Crippen molar-refractivity contribution in [2.45, 2.75) is 13.0 Å². The molecule has 24 heavy (non-hydrogen) atoms. The molecular weight excluding hydrogens is 308 g/mol. The lowest BCUT2D eigenvalue weighted by Crippen LogP contribution is -2.37. The smallest absolute Gasteiger partial charge is 0.271 e. The maximum absolute atomic E-state index is 12.1. The van der Waals surface area contributed by atoms with E-state index in [4.69, 9.17) is 0 Å². The number of carbonyl (C=O) groups is 2. The van der Waals surface area contributed by atoms with Crippen molar-refractivity contribution in [2.75, 3.05) is 32.0 Å². The van der Waals surface area contributed by atoms with E-state index < -0.39 is 0 Å². The molecule has 3 rings (SSSR count). The van der Waals surface area contributed by atoms with Gasteiger partial charge in [0.15, 0.2) is 5.69 Å². The lowest BCUT2D eigenvalue weighted by atomic mass is 10.2. The van der Waals surface area contributed by atoms with E-state index in [1.807, 2.05) is 12.1 Å². The summed E-state index contributed by atoms with van der Waals surface area (Å²) in [6.07, 6.45) is 4.25. The van der Waals surface area contributed by atoms with Crippen molar-refractivity contribution in [1.82, 2.24) is 25.0 Å². The Morgan fingerprint density at radius 3 is 3.00 bits per heavy atom. The lowest BCUT2D eigenvalue weighted by molar-refractivity contribution is 0.0742. The van der Waals surface area contributed by atoms with Gasteiger partial charge in [0.05, 0.1) is 12.2 Å². The number of fused-ring (bicyclic) bond motifs is 1. The average Bonchev–Trinajstić information content (AvgIpc) is 3.04. The normalized spacial score (nSPS) is 13.5. The van der Waals surface area contributed by atoms with Crippen LogP contribution in [0.15, 0.2) is 30.6 Å². The highest BCUT2D eigenvalue weighted by Crippen LogP contribution is 2.12. The van der Waals surface area contributed by atoms with Crippen molar-refractivity contribution >= 4 is 17.5 Å². The molecule has 0 spiro atoms. The standard InChI is InChI=1S/C16H20N6O2/c1-21-8-9-22-14(16(21)24)10-13(20-22)15(23)19-7-3-6-18-12-4-2-5-17-11-12/h2,4-5,10-11,18H,3,6-9H2,1H3,(H,19,23). The van der Waals surface area contributed by atoms with E-state index >= 15 is 0 Å². The van der Waals surface area contributed by atoms with E-state index in [-0.39, 0.29) is 17.5 Å². The van der Waals surface area contributed by atoms with Crippen LogP contribution in [0.1, 0.15) is 27.4 Å². The number of carbonyl (C=O) groups excluding carboxylic acids is 2. The number of amides is 2. The Hall–Kier alpha value is -2.90. The fourth-order valence-electron chi connectivity index (χ4n) is 2.49. The van der Waals surface area contributed by atoms with Crippen molar-refractivity contribution < 1.29 is 9.59 Å². The topological polar surface area (TPSA) is 92.2 Å². The van der Waals surface area contributed by atoms with Crippen LogP contribution in [0, 0.1) is 0 Å². The van der Waals surface area contributed by atoms with Gasteiger partial charge in [-0.3, -0.25) is 19.3 Å². The zero-order valence-corrected chi connectivity index (χ0v) is 13.5. The van der Waals surface area contributed by atoms with Crippen LogP contribution in [0.2, 0.25) is 0 Å². The number of rotatable bonds is 6. The number of nitrogens with zero attached hydrogens (tertiary/aromatic N) is 4. The van der Waals surface area contributed by atoms with Crippen LogP contribution in [-0.2, 0) is 6.54 Å². The molecule has 0 radical (unpaired) electrons. The highest BCUT2D eigenvalue weighted by atomic mass is 16.2. The number of likely N-dealkylation sites (N-methyl/N-ethyl adjacent to an activating group) is 1. The summed E-state index contributed by atoms with van der Waals surface area (Å²) < 4.78 is 1.60. The number of pyridine rings is 1. The molecule has 0 saturated carbocycles. The van der Waals surface area contributed by atoms with Crippen LogP contribution in [0.5, 0.6) is 0 Å². The van der Waals surface area contributed by atoms with Gasteiger partial charge in [-0.05, 0) is 18.6 Å². The van der Waals surface area contributed by atoms with Crippen LogP contribution in [0.25, 0.3) is 0 Å². The van der Waals surface area contributed by atoms with Crippen molar-refractivity contribution in [2.24, 2.45) is 0 Å². The number of anilines is 1. The molecule has 2 aromatic rings. The van der Waals surface area contributed by atoms with E-state index in [0.29, 0.717) is 25.3 Å². The van der Waals surface area contributed by atoms with Gasteiger partial charge >= 0.3 is 0 Å². The van der Waals surface area contributed by atoms with Gasteiger partial charge in [-0.1, -0.05) is 0 Å². The molecule has 3 heterocycles. The third kappa shape index (κ3) is 3.53. The van der Waals surface area contributed by atoms with Crippen LogP contribution in [-0.4, -0.2) is 58.2 Å². The first-order valence-electron chi connectivity index (χ1n) is 7.90. The predicted molar refractivity (Wildman–Crippen MR) is 88.9 cm³/mol. The molecule has 2 amide bonds. The summed E-state index contributed by atoms with van der Waals surface area (Å²) >= 11 is 0. The Kier molecular flexibility index (Phi) is 4.74. The van der Waals surface area contributed by atoms with E-state index in [1.54, 1.807) is 35.1 Å². The molecule has 2 N–H and O–H groups in total. The molecule has 0 fully saturated rings. The molecule has 8 nitrogen and oxygen atoms in total. The van der Waals surface area contributed by atoms with E-state index in [1.165, 1.54) is 0 Å². The molecule has 0 saturated heterocycles. The highest BCUT2D eigenvalue weighted by molar-refractivity contribution is 5.98. The SMILES string of the molecule is CN1CCn2nc(C(=O)NCCCNc3cccnc3)cc2C1=O. The average molecular weight is 328 g/mol. The van der Waals surface area contributed by atoms with Gasteiger partial charge in [-0.15, -0.1) is 0 Å². The molecule has 0 aromatic carbocycles. The maximum Gasteiger partial charge on any atom is 0.271 e. The second-order valence-corrected chi connectivity index (χ2v) is 5.64. The van der Waals surface area contributed by atoms with Crippen LogP contribution in [0.3, 0.4) is 0 Å². The monoisotopic (exact) mass is 328 g/mol. The fourth-order valence-corrected chi connectivity index (χ4v) is 2.49. The lowest BCUT2D eigenvalue weighted by Gasteiger charge is -2.22. The zero-order chi connectivity index (χ0) is 16.9. The quantitative estimate of drug-likeness (QED) is 0.758. The molecule has 0 aliphatic carbocycles. The van der Waals surface area contributed by atoms with E-state index in [0.717, 1.165) is 18.7 Å². The Morgan fingerprint density at radius 2 is 2.21 bits per heavy atom. The Balaban J connectivity index is 1.46. The van der Waals surface area contributed by atoms with Crippen molar-refractivity contribution in [3.63, 3.8) is 0 Å². The molecule has 2 aromatic heterocycles. The highest BCUT2D eigenvalue weighted by Gasteiger charge is 2.25. The molecule has 0 bridgehead atoms. The van der Waals surface area contributed by atoms with Gasteiger partial charge in [0.25, 0.3) is 11.8 Å². The van der Waals surface area contributed by atoms with Gasteiger partial charge in [0.2, 0.25) is 0 Å².